The van der Waals surface area contributed by atoms with Gasteiger partial charge in [0.2, 0.25) is 0 Å². The Morgan fingerprint density at radius 2 is 1.83 bits per heavy atom. The summed E-state index contributed by atoms with van der Waals surface area (Å²) in [4.78, 5) is 30.8. The number of aromatic nitrogens is 4. The van der Waals surface area contributed by atoms with Gasteiger partial charge >= 0.3 is 5.69 Å². The third kappa shape index (κ3) is 3.18. The molecule has 1 aromatic carbocycles. The van der Waals surface area contributed by atoms with Crippen LogP contribution < -0.4 is 5.69 Å². The molecule has 1 N–H and O–H groups in total. The van der Waals surface area contributed by atoms with Gasteiger partial charge in [-0.3, -0.25) is 9.36 Å². The van der Waals surface area contributed by atoms with E-state index in [0.29, 0.717) is 18.8 Å². The first-order valence-corrected chi connectivity index (χ1v) is 10.6. The Balaban J connectivity index is 1.32. The van der Waals surface area contributed by atoms with Gasteiger partial charge < -0.3 is 9.88 Å². The fourth-order valence-corrected chi connectivity index (χ4v) is 4.98. The topological polar surface area (TPSA) is 75.9 Å². The highest BCUT2D eigenvalue weighted by Gasteiger charge is 2.31. The van der Waals surface area contributed by atoms with Gasteiger partial charge in [-0.05, 0) is 37.8 Å². The number of aryl methyl sites for hydroxylation is 1. The predicted octanol–water partition coefficient (Wildman–Crippen LogP) is 3.20. The molecule has 0 spiro atoms. The fourth-order valence-electron chi connectivity index (χ4n) is 4.98. The van der Waals surface area contributed by atoms with Gasteiger partial charge in [0.05, 0.1) is 0 Å². The van der Waals surface area contributed by atoms with Gasteiger partial charge in [0, 0.05) is 43.0 Å². The molecule has 1 saturated carbocycles. The summed E-state index contributed by atoms with van der Waals surface area (Å²) >= 11 is 0. The molecular weight excluding hydrogens is 366 g/mol. The molecule has 1 amide bonds. The van der Waals surface area contributed by atoms with E-state index in [1.54, 1.807) is 7.05 Å². The van der Waals surface area contributed by atoms with Crippen LogP contribution in [0, 0.1) is 0 Å². The standard InChI is InChI=1S/C22H27N5O2/c1-25-22(29)27(17-7-3-4-8-17)20(24-25)15-10-12-26(13-11-15)21(28)19-14-16-6-2-5-9-18(16)23-19/h2,5-6,9,14-15,17,23H,3-4,7-8,10-13H2,1H3. The van der Waals surface area contributed by atoms with Crippen LogP contribution in [0.4, 0.5) is 0 Å². The Bertz CT molecular complexity index is 1060. The largest absolute Gasteiger partial charge is 0.351 e. The summed E-state index contributed by atoms with van der Waals surface area (Å²) in [6.07, 6.45) is 6.18. The molecule has 152 valence electrons. The summed E-state index contributed by atoms with van der Waals surface area (Å²) in [7, 11) is 1.74. The van der Waals surface area contributed by atoms with Crippen molar-refractivity contribution in [1.82, 2.24) is 24.2 Å². The molecule has 29 heavy (non-hydrogen) atoms. The summed E-state index contributed by atoms with van der Waals surface area (Å²) in [5.41, 5.74) is 1.63. The van der Waals surface area contributed by atoms with Crippen molar-refractivity contribution < 1.29 is 4.79 Å². The van der Waals surface area contributed by atoms with Gasteiger partial charge in [0.15, 0.2) is 0 Å². The van der Waals surface area contributed by atoms with E-state index in [0.717, 1.165) is 42.4 Å². The molecule has 1 aliphatic carbocycles. The normalized spacial score (nSPS) is 18.7. The number of aromatic amines is 1. The number of nitrogens with zero attached hydrogens (tertiary/aromatic N) is 4. The Labute approximate surface area is 169 Å². The summed E-state index contributed by atoms with van der Waals surface area (Å²) in [5, 5.41) is 5.65. The lowest BCUT2D eigenvalue weighted by Gasteiger charge is -2.31. The van der Waals surface area contributed by atoms with E-state index in [-0.39, 0.29) is 23.6 Å². The minimum absolute atomic E-state index is 0.00322. The zero-order valence-electron chi connectivity index (χ0n) is 16.8. The molecule has 0 unspecified atom stereocenters. The lowest BCUT2D eigenvalue weighted by molar-refractivity contribution is 0.0704. The molecule has 0 radical (unpaired) electrons. The zero-order valence-corrected chi connectivity index (χ0v) is 16.8. The zero-order chi connectivity index (χ0) is 20.0. The Hall–Kier alpha value is -2.83. The van der Waals surface area contributed by atoms with Crippen LogP contribution in [-0.4, -0.2) is 43.2 Å². The maximum atomic E-state index is 13.0. The number of hydrogen-bond acceptors (Lipinski definition) is 3. The first-order valence-electron chi connectivity index (χ1n) is 10.6. The fraction of sp³-hybridized carbons (Fsp3) is 0.500. The highest BCUT2D eigenvalue weighted by molar-refractivity contribution is 5.98. The lowest BCUT2D eigenvalue weighted by Crippen LogP contribution is -2.39. The van der Waals surface area contributed by atoms with Crippen LogP contribution in [0.15, 0.2) is 35.1 Å². The van der Waals surface area contributed by atoms with Crippen molar-refractivity contribution in [3.05, 3.63) is 52.3 Å². The molecule has 1 saturated heterocycles. The van der Waals surface area contributed by atoms with Crippen LogP contribution in [0.2, 0.25) is 0 Å². The van der Waals surface area contributed by atoms with Crippen LogP contribution in [0.25, 0.3) is 10.9 Å². The molecule has 2 aliphatic rings. The molecule has 7 nitrogen and oxygen atoms in total. The maximum Gasteiger partial charge on any atom is 0.345 e. The second-order valence-electron chi connectivity index (χ2n) is 8.41. The number of rotatable bonds is 3. The average molecular weight is 393 g/mol. The van der Waals surface area contributed by atoms with Crippen molar-refractivity contribution in [3.8, 4) is 0 Å². The molecule has 2 aromatic heterocycles. The van der Waals surface area contributed by atoms with Crippen LogP contribution in [0.5, 0.6) is 0 Å². The number of para-hydroxylation sites is 1. The molecule has 0 atom stereocenters. The van der Waals surface area contributed by atoms with E-state index >= 15 is 0 Å². The van der Waals surface area contributed by atoms with Crippen LogP contribution in [0.3, 0.4) is 0 Å². The van der Waals surface area contributed by atoms with Crippen LogP contribution >= 0.6 is 0 Å². The summed E-state index contributed by atoms with van der Waals surface area (Å²) < 4.78 is 3.43. The second-order valence-corrected chi connectivity index (χ2v) is 8.41. The molecule has 3 heterocycles. The SMILES string of the molecule is Cn1nc(C2CCN(C(=O)c3cc4ccccc4[nH]3)CC2)n(C2CCCC2)c1=O. The minimum atomic E-state index is 0.00322. The number of benzene rings is 1. The molecule has 3 aromatic rings. The number of H-pyrrole nitrogens is 1. The highest BCUT2D eigenvalue weighted by atomic mass is 16.2. The van der Waals surface area contributed by atoms with E-state index in [1.807, 2.05) is 39.8 Å². The average Bonchev–Trinajstić information content (AvgIpc) is 3.47. The first kappa shape index (κ1) is 18.2. The molecule has 1 aliphatic heterocycles. The summed E-state index contributed by atoms with van der Waals surface area (Å²) in [6, 6.07) is 10.2. The molecular formula is C22H27N5O2. The monoisotopic (exact) mass is 393 g/mol. The second kappa shape index (κ2) is 7.21. The van der Waals surface area contributed by atoms with Crippen molar-refractivity contribution in [2.24, 2.45) is 7.05 Å². The number of piperidine rings is 1. The molecule has 5 rings (SSSR count). The van der Waals surface area contributed by atoms with E-state index in [4.69, 9.17) is 0 Å². The highest BCUT2D eigenvalue weighted by Crippen LogP contribution is 2.33. The minimum Gasteiger partial charge on any atom is -0.351 e. The van der Waals surface area contributed by atoms with Gasteiger partial charge in [-0.25, -0.2) is 9.48 Å². The van der Waals surface area contributed by atoms with Crippen molar-refractivity contribution in [2.75, 3.05) is 13.1 Å². The number of nitrogens with one attached hydrogen (secondary N) is 1. The van der Waals surface area contributed by atoms with Crippen LogP contribution in [-0.2, 0) is 7.05 Å². The Morgan fingerprint density at radius 1 is 1.10 bits per heavy atom. The number of amides is 1. The Kier molecular flexibility index (Phi) is 4.53. The van der Waals surface area contributed by atoms with Crippen molar-refractivity contribution in [1.29, 1.82) is 0 Å². The lowest BCUT2D eigenvalue weighted by atomic mass is 9.95. The van der Waals surface area contributed by atoms with Crippen molar-refractivity contribution >= 4 is 16.8 Å². The molecule has 7 heteroatoms. The van der Waals surface area contributed by atoms with E-state index in [2.05, 4.69) is 10.1 Å². The van der Waals surface area contributed by atoms with Crippen molar-refractivity contribution in [2.45, 2.75) is 50.5 Å². The first-order chi connectivity index (χ1) is 14.1. The number of carbonyl (C=O) groups is 1. The maximum absolute atomic E-state index is 13.0. The van der Waals surface area contributed by atoms with E-state index in [1.165, 1.54) is 17.5 Å². The van der Waals surface area contributed by atoms with Gasteiger partial charge in [-0.2, -0.15) is 5.10 Å². The predicted molar refractivity (Wildman–Crippen MR) is 111 cm³/mol. The summed E-state index contributed by atoms with van der Waals surface area (Å²) in [5.74, 6) is 1.20. The van der Waals surface area contributed by atoms with E-state index < -0.39 is 0 Å². The third-order valence-corrected chi connectivity index (χ3v) is 6.58. The van der Waals surface area contributed by atoms with Gasteiger partial charge in [-0.15, -0.1) is 0 Å². The molecule has 2 fully saturated rings. The smallest absolute Gasteiger partial charge is 0.345 e. The van der Waals surface area contributed by atoms with Crippen LogP contribution in [0.1, 0.15) is 66.8 Å². The quantitative estimate of drug-likeness (QED) is 0.742. The van der Waals surface area contributed by atoms with Gasteiger partial charge in [0.25, 0.3) is 5.91 Å². The van der Waals surface area contributed by atoms with Gasteiger partial charge in [-0.1, -0.05) is 31.0 Å². The number of fused-ring (bicyclic) bond motifs is 1. The Morgan fingerprint density at radius 3 is 2.55 bits per heavy atom. The summed E-state index contributed by atoms with van der Waals surface area (Å²) in [6.45, 7) is 1.38. The number of hydrogen-bond donors (Lipinski definition) is 1. The number of likely N-dealkylation sites (tertiary alicyclic amines) is 1. The van der Waals surface area contributed by atoms with Gasteiger partial charge in [0.1, 0.15) is 11.5 Å². The molecule has 0 bridgehead atoms. The number of carbonyl (C=O) groups excluding carboxylic acids is 1. The third-order valence-electron chi connectivity index (χ3n) is 6.58. The van der Waals surface area contributed by atoms with Crippen molar-refractivity contribution in [3.63, 3.8) is 0 Å². The van der Waals surface area contributed by atoms with E-state index in [9.17, 15) is 9.59 Å².